The van der Waals surface area contributed by atoms with E-state index < -0.39 is 40.4 Å². The Morgan fingerprint density at radius 3 is 2.12 bits per heavy atom. The number of alkyl halides is 3. The number of rotatable bonds is 11. The Balaban J connectivity index is 1.67. The lowest BCUT2D eigenvalue weighted by Gasteiger charge is -2.26. The van der Waals surface area contributed by atoms with Gasteiger partial charge in [-0.25, -0.2) is 4.98 Å². The van der Waals surface area contributed by atoms with Crippen LogP contribution in [-0.4, -0.2) is 46.4 Å². The van der Waals surface area contributed by atoms with E-state index >= 15 is 0 Å². The molecule has 0 aliphatic rings. The summed E-state index contributed by atoms with van der Waals surface area (Å²) in [5.74, 6) is -0.457. The monoisotopic (exact) mass is 622 g/mol. The zero-order chi connectivity index (χ0) is 32.0. The number of methoxy groups -OCH3 is 1. The van der Waals surface area contributed by atoms with Crippen molar-refractivity contribution in [2.45, 2.75) is 74.8 Å². The van der Waals surface area contributed by atoms with Crippen molar-refractivity contribution in [3.8, 4) is 17.2 Å². The third-order valence-electron chi connectivity index (χ3n) is 5.55. The van der Waals surface area contributed by atoms with Gasteiger partial charge in [-0.1, -0.05) is 11.8 Å². The molecule has 1 aromatic heterocycles. The van der Waals surface area contributed by atoms with E-state index in [1.165, 1.54) is 36.2 Å². The molecule has 0 saturated heterocycles. The average molecular weight is 623 g/mol. The number of halogens is 3. The minimum atomic E-state index is -4.46. The first kappa shape index (κ1) is 33.5. The van der Waals surface area contributed by atoms with E-state index in [9.17, 15) is 27.6 Å². The van der Waals surface area contributed by atoms with Gasteiger partial charge in [0.05, 0.1) is 31.2 Å². The summed E-state index contributed by atoms with van der Waals surface area (Å²) < 4.78 is 61.9. The van der Waals surface area contributed by atoms with Gasteiger partial charge in [-0.2, -0.15) is 13.2 Å². The van der Waals surface area contributed by atoms with Gasteiger partial charge in [0, 0.05) is 23.4 Å². The molecule has 0 fully saturated rings. The fourth-order valence-electron chi connectivity index (χ4n) is 3.65. The van der Waals surface area contributed by atoms with E-state index in [1.54, 1.807) is 52.8 Å². The highest BCUT2D eigenvalue weighted by Crippen LogP contribution is 2.33. The summed E-state index contributed by atoms with van der Waals surface area (Å²) in [6.07, 6.45) is -1.85. The summed E-state index contributed by atoms with van der Waals surface area (Å²) in [6.45, 7) is 8.50. The standard InChI is InChI=1S/C30H33F3N2O7S/c1-28(2,3)41-24(36)13-14-25(37)42-29(4,5)18-40-22-12-9-20(17-23(22)39-6)35-16-15-34-26(27(35)38)43-21-10-7-19(8-11-21)30(31,32)33/h7-12,15-17H,13-14,18H2,1-6H3. The second-order valence-corrected chi connectivity index (χ2v) is 12.0. The Hall–Kier alpha value is -4.00. The highest BCUT2D eigenvalue weighted by Gasteiger charge is 2.30. The van der Waals surface area contributed by atoms with E-state index in [0.717, 1.165) is 23.9 Å². The molecule has 1 heterocycles. The molecule has 0 amide bonds. The van der Waals surface area contributed by atoms with Gasteiger partial charge < -0.3 is 18.9 Å². The molecule has 0 unspecified atom stereocenters. The number of benzene rings is 2. The maximum absolute atomic E-state index is 13.2. The molecule has 3 rings (SSSR count). The summed E-state index contributed by atoms with van der Waals surface area (Å²) in [5.41, 5.74) is -2.53. The van der Waals surface area contributed by atoms with Crippen molar-refractivity contribution in [2.75, 3.05) is 13.7 Å². The van der Waals surface area contributed by atoms with Gasteiger partial charge in [0.25, 0.3) is 5.56 Å². The van der Waals surface area contributed by atoms with Crippen molar-refractivity contribution in [1.29, 1.82) is 0 Å². The van der Waals surface area contributed by atoms with Crippen molar-refractivity contribution < 1.29 is 41.7 Å². The van der Waals surface area contributed by atoms with Crippen LogP contribution in [0.15, 0.2) is 69.6 Å². The quantitative estimate of drug-likeness (QED) is 0.230. The van der Waals surface area contributed by atoms with Crippen molar-refractivity contribution in [3.05, 3.63) is 70.8 Å². The summed E-state index contributed by atoms with van der Waals surface area (Å²) >= 11 is 0.943. The number of esters is 2. The van der Waals surface area contributed by atoms with Gasteiger partial charge in [0.1, 0.15) is 17.8 Å². The topological polar surface area (TPSA) is 106 Å². The smallest absolute Gasteiger partial charge is 0.416 e. The zero-order valence-corrected chi connectivity index (χ0v) is 25.4. The minimum absolute atomic E-state index is 0.0377. The van der Waals surface area contributed by atoms with E-state index in [-0.39, 0.29) is 24.5 Å². The molecule has 0 spiro atoms. The Bertz CT molecular complexity index is 1500. The Kier molecular flexibility index (Phi) is 10.5. The predicted octanol–water partition coefficient (Wildman–Crippen LogP) is 6.23. The van der Waals surface area contributed by atoms with Gasteiger partial charge in [0.2, 0.25) is 0 Å². The lowest BCUT2D eigenvalue weighted by molar-refractivity contribution is -0.164. The normalized spacial score (nSPS) is 12.0. The van der Waals surface area contributed by atoms with Crippen LogP contribution in [0.4, 0.5) is 13.2 Å². The zero-order valence-electron chi connectivity index (χ0n) is 24.6. The highest BCUT2D eigenvalue weighted by molar-refractivity contribution is 7.99. The molecule has 232 valence electrons. The first-order valence-corrected chi connectivity index (χ1v) is 14.0. The van der Waals surface area contributed by atoms with Crippen LogP contribution in [-0.2, 0) is 25.2 Å². The van der Waals surface area contributed by atoms with E-state index in [2.05, 4.69) is 4.98 Å². The molecule has 0 N–H and O–H groups in total. The maximum atomic E-state index is 13.2. The molecular weight excluding hydrogens is 589 g/mol. The number of hydrogen-bond donors (Lipinski definition) is 0. The first-order chi connectivity index (χ1) is 20.0. The van der Waals surface area contributed by atoms with Gasteiger partial charge in [0.15, 0.2) is 16.5 Å². The van der Waals surface area contributed by atoms with Crippen LogP contribution in [0.5, 0.6) is 11.5 Å². The largest absolute Gasteiger partial charge is 0.493 e. The van der Waals surface area contributed by atoms with Crippen LogP contribution in [0.1, 0.15) is 53.0 Å². The maximum Gasteiger partial charge on any atom is 0.416 e. The minimum Gasteiger partial charge on any atom is -0.493 e. The summed E-state index contributed by atoms with van der Waals surface area (Å²) in [6, 6.07) is 9.22. The molecule has 0 saturated carbocycles. The Morgan fingerprint density at radius 2 is 1.53 bits per heavy atom. The van der Waals surface area contributed by atoms with Gasteiger partial charge in [-0.05, 0) is 71.0 Å². The van der Waals surface area contributed by atoms with Gasteiger partial charge in [-0.3, -0.25) is 19.0 Å². The van der Waals surface area contributed by atoms with Crippen LogP contribution in [0.3, 0.4) is 0 Å². The predicted molar refractivity (Wildman–Crippen MR) is 153 cm³/mol. The molecule has 2 aromatic carbocycles. The molecule has 9 nitrogen and oxygen atoms in total. The number of aromatic nitrogens is 2. The lowest BCUT2D eigenvalue weighted by atomic mass is 10.1. The Labute approximate surface area is 251 Å². The van der Waals surface area contributed by atoms with E-state index in [0.29, 0.717) is 22.1 Å². The molecule has 43 heavy (non-hydrogen) atoms. The van der Waals surface area contributed by atoms with Crippen LogP contribution in [0.25, 0.3) is 5.69 Å². The SMILES string of the molecule is COc1cc(-n2ccnc(Sc3ccc(C(F)(F)F)cc3)c2=O)ccc1OCC(C)(C)OC(=O)CCC(=O)OC(C)(C)C. The van der Waals surface area contributed by atoms with Crippen molar-refractivity contribution >= 4 is 23.7 Å². The lowest BCUT2D eigenvalue weighted by Crippen LogP contribution is -2.35. The summed E-state index contributed by atoms with van der Waals surface area (Å²) in [5, 5.41) is 0.0665. The van der Waals surface area contributed by atoms with Crippen molar-refractivity contribution in [2.24, 2.45) is 0 Å². The number of hydrogen-bond acceptors (Lipinski definition) is 9. The first-order valence-electron chi connectivity index (χ1n) is 13.1. The molecule has 0 aliphatic heterocycles. The summed E-state index contributed by atoms with van der Waals surface area (Å²) in [4.78, 5) is 41.8. The van der Waals surface area contributed by atoms with Crippen LogP contribution in [0, 0.1) is 0 Å². The van der Waals surface area contributed by atoms with Crippen LogP contribution < -0.4 is 15.0 Å². The van der Waals surface area contributed by atoms with E-state index in [4.69, 9.17) is 18.9 Å². The molecule has 13 heteroatoms. The molecule has 0 aliphatic carbocycles. The number of carbonyl (C=O) groups is 2. The van der Waals surface area contributed by atoms with Crippen molar-refractivity contribution in [3.63, 3.8) is 0 Å². The molecule has 0 atom stereocenters. The molecule has 0 radical (unpaired) electrons. The second kappa shape index (κ2) is 13.5. The van der Waals surface area contributed by atoms with Crippen LogP contribution in [0.2, 0.25) is 0 Å². The van der Waals surface area contributed by atoms with Gasteiger partial charge in [-0.15, -0.1) is 0 Å². The third-order valence-corrected chi connectivity index (χ3v) is 6.53. The fraction of sp³-hybridized carbons (Fsp3) is 0.400. The number of ether oxygens (including phenoxy) is 4. The molecular formula is C30H33F3N2O7S. The number of carbonyl (C=O) groups excluding carboxylic acids is 2. The Morgan fingerprint density at radius 1 is 0.907 bits per heavy atom. The number of nitrogens with zero attached hydrogens (tertiary/aromatic N) is 2. The van der Waals surface area contributed by atoms with Gasteiger partial charge >= 0.3 is 18.1 Å². The third kappa shape index (κ3) is 10.1. The molecule has 3 aromatic rings. The highest BCUT2D eigenvalue weighted by atomic mass is 32.2. The van der Waals surface area contributed by atoms with Crippen LogP contribution >= 0.6 is 11.8 Å². The second-order valence-electron chi connectivity index (χ2n) is 11.0. The fourth-order valence-corrected chi connectivity index (χ4v) is 4.45. The average Bonchev–Trinajstić information content (AvgIpc) is 2.90. The molecule has 0 bridgehead atoms. The van der Waals surface area contributed by atoms with Crippen molar-refractivity contribution in [1.82, 2.24) is 9.55 Å². The summed E-state index contributed by atoms with van der Waals surface area (Å²) in [7, 11) is 1.43. The van der Waals surface area contributed by atoms with E-state index in [1.807, 2.05) is 0 Å².